The molecule has 2 aliphatic carbocycles. The molecule has 61 heavy (non-hydrogen) atoms. The van der Waals surface area contributed by atoms with Crippen LogP contribution < -0.4 is 0 Å². The average molecular weight is 779 g/mol. The minimum absolute atomic E-state index is 0.124. The van der Waals surface area contributed by atoms with Crippen molar-refractivity contribution in [2.75, 3.05) is 0 Å². The first-order valence-electron chi connectivity index (χ1n) is 21.3. The third-order valence-electron chi connectivity index (χ3n) is 13.8. The molecule has 9 aromatic carbocycles. The van der Waals surface area contributed by atoms with E-state index >= 15 is 0 Å². The second kappa shape index (κ2) is 13.3. The number of hydrogen-bond donors (Lipinski definition) is 0. The van der Waals surface area contributed by atoms with Crippen LogP contribution in [0.5, 0.6) is 0 Å². The van der Waals surface area contributed by atoms with E-state index in [4.69, 9.17) is 9.97 Å². The normalized spacial score (nSPS) is 15.7. The Morgan fingerprint density at radius 2 is 0.918 bits per heavy atom. The van der Waals surface area contributed by atoms with Gasteiger partial charge in [-0.05, 0) is 108 Å². The fourth-order valence-electron chi connectivity index (χ4n) is 10.8. The van der Waals surface area contributed by atoms with Gasteiger partial charge in [0.2, 0.25) is 0 Å². The molecule has 0 aliphatic heterocycles. The first-order valence-corrected chi connectivity index (χ1v) is 21.3. The Balaban J connectivity index is 1.08. The molecule has 0 bridgehead atoms. The average Bonchev–Trinajstić information content (AvgIpc) is 3.72. The standard InChI is InChI=1S/C59H42N2/c1-58(2)51-31-17-27-46(55(51)49-34-38-20-10-11-21-39(38)35-52(49)58)43-32-33-45(42-25-13-12-24-41(42)43)53-36-54(61-57(60-53)37-18-6-4-7-19-37)48-29-16-28-47-44-26-14-15-30-50(44)59(3,56(47)48)40-22-8-5-9-23-40/h4-36H,1-3H3. The molecule has 288 valence electrons. The van der Waals surface area contributed by atoms with E-state index in [1.165, 1.54) is 77.4 Å². The highest BCUT2D eigenvalue weighted by Gasteiger charge is 2.43. The summed E-state index contributed by atoms with van der Waals surface area (Å²) < 4.78 is 0. The quantitative estimate of drug-likeness (QED) is 0.174. The molecule has 2 heteroatoms. The van der Waals surface area contributed by atoms with E-state index in [0.29, 0.717) is 5.82 Å². The molecule has 1 heterocycles. The minimum atomic E-state index is -0.383. The number of hydrogen-bond acceptors (Lipinski definition) is 2. The van der Waals surface area contributed by atoms with Gasteiger partial charge in [-0.2, -0.15) is 0 Å². The second-order valence-electron chi connectivity index (χ2n) is 17.4. The van der Waals surface area contributed by atoms with Gasteiger partial charge in [-0.25, -0.2) is 9.97 Å². The molecular weight excluding hydrogens is 737 g/mol. The molecule has 2 nitrogen and oxygen atoms in total. The Bertz CT molecular complexity index is 3400. The van der Waals surface area contributed by atoms with E-state index in [2.05, 4.69) is 221 Å². The lowest BCUT2D eigenvalue weighted by Crippen LogP contribution is -2.23. The van der Waals surface area contributed by atoms with Gasteiger partial charge in [0.25, 0.3) is 0 Å². The number of fused-ring (bicyclic) bond motifs is 8. The lowest BCUT2D eigenvalue weighted by Gasteiger charge is -2.30. The van der Waals surface area contributed by atoms with Gasteiger partial charge in [-0.15, -0.1) is 0 Å². The first-order chi connectivity index (χ1) is 29.9. The molecule has 0 amide bonds. The van der Waals surface area contributed by atoms with E-state index < -0.39 is 0 Å². The highest BCUT2D eigenvalue weighted by Crippen LogP contribution is 2.56. The number of nitrogens with zero attached hydrogens (tertiary/aromatic N) is 2. The van der Waals surface area contributed by atoms with E-state index in [9.17, 15) is 0 Å². The van der Waals surface area contributed by atoms with Gasteiger partial charge in [0, 0.05) is 27.5 Å². The number of benzene rings is 9. The van der Waals surface area contributed by atoms with E-state index in [1.807, 2.05) is 0 Å². The van der Waals surface area contributed by atoms with Gasteiger partial charge in [0.15, 0.2) is 5.82 Å². The largest absolute Gasteiger partial charge is 0.228 e. The van der Waals surface area contributed by atoms with Gasteiger partial charge < -0.3 is 0 Å². The molecule has 0 fully saturated rings. The zero-order chi connectivity index (χ0) is 40.9. The van der Waals surface area contributed by atoms with Crippen LogP contribution in [0.3, 0.4) is 0 Å². The Kier molecular flexibility index (Phi) is 7.74. The maximum Gasteiger partial charge on any atom is 0.160 e. The Labute approximate surface area is 356 Å². The fraction of sp³-hybridized carbons (Fsp3) is 0.0847. The van der Waals surface area contributed by atoms with Crippen LogP contribution in [0.4, 0.5) is 0 Å². The number of rotatable bonds is 5. The predicted octanol–water partition coefficient (Wildman–Crippen LogP) is 15.1. The second-order valence-corrected chi connectivity index (χ2v) is 17.4. The van der Waals surface area contributed by atoms with Gasteiger partial charge in [0.1, 0.15) is 0 Å². The lowest BCUT2D eigenvalue weighted by atomic mass is 9.72. The van der Waals surface area contributed by atoms with Crippen molar-refractivity contribution in [3.05, 3.63) is 228 Å². The summed E-state index contributed by atoms with van der Waals surface area (Å²) >= 11 is 0. The van der Waals surface area contributed by atoms with Crippen molar-refractivity contribution in [2.45, 2.75) is 31.6 Å². The summed E-state index contributed by atoms with van der Waals surface area (Å²) in [5.41, 5.74) is 18.8. The van der Waals surface area contributed by atoms with Crippen LogP contribution in [0.25, 0.3) is 88.8 Å². The molecule has 0 saturated carbocycles. The molecule has 0 spiro atoms. The van der Waals surface area contributed by atoms with Crippen molar-refractivity contribution in [3.63, 3.8) is 0 Å². The fourth-order valence-corrected chi connectivity index (χ4v) is 10.8. The molecule has 2 aliphatic rings. The molecule has 0 radical (unpaired) electrons. The van der Waals surface area contributed by atoms with Crippen molar-refractivity contribution < 1.29 is 0 Å². The summed E-state index contributed by atoms with van der Waals surface area (Å²) in [6.45, 7) is 7.13. The van der Waals surface area contributed by atoms with Crippen molar-refractivity contribution in [1.29, 1.82) is 0 Å². The van der Waals surface area contributed by atoms with Crippen molar-refractivity contribution in [3.8, 4) is 67.3 Å². The summed E-state index contributed by atoms with van der Waals surface area (Å²) in [6, 6.07) is 73.1. The zero-order valence-corrected chi connectivity index (χ0v) is 34.4. The van der Waals surface area contributed by atoms with Crippen LogP contribution in [-0.4, -0.2) is 9.97 Å². The predicted molar refractivity (Wildman–Crippen MR) is 254 cm³/mol. The zero-order valence-electron chi connectivity index (χ0n) is 34.4. The molecule has 1 atom stereocenters. The summed E-state index contributed by atoms with van der Waals surface area (Å²) in [5, 5.41) is 4.92. The van der Waals surface area contributed by atoms with Crippen LogP contribution in [0, 0.1) is 0 Å². The summed E-state index contributed by atoms with van der Waals surface area (Å²) in [4.78, 5) is 10.8. The summed E-state index contributed by atoms with van der Waals surface area (Å²) in [7, 11) is 0. The smallest absolute Gasteiger partial charge is 0.160 e. The SMILES string of the molecule is CC1(C)c2cc3ccccc3cc2-c2c(-c3ccc(-c4cc(-c5cccc6c5C(C)(c5ccccc5)c5ccccc5-6)nc(-c5ccccc5)n4)c4ccccc34)cccc21. The topological polar surface area (TPSA) is 25.8 Å². The molecule has 0 saturated heterocycles. The molecular formula is C59H42N2. The summed E-state index contributed by atoms with van der Waals surface area (Å²) in [6.07, 6.45) is 0. The maximum atomic E-state index is 5.43. The molecule has 12 rings (SSSR count). The third-order valence-corrected chi connectivity index (χ3v) is 13.8. The molecule has 1 aromatic heterocycles. The molecule has 1 unspecified atom stereocenters. The van der Waals surface area contributed by atoms with Gasteiger partial charge in [-0.3, -0.25) is 0 Å². The Morgan fingerprint density at radius 3 is 1.70 bits per heavy atom. The van der Waals surface area contributed by atoms with Gasteiger partial charge in [-0.1, -0.05) is 196 Å². The van der Waals surface area contributed by atoms with E-state index in [1.54, 1.807) is 0 Å². The monoisotopic (exact) mass is 778 g/mol. The Hall–Kier alpha value is -7.42. The summed E-state index contributed by atoms with van der Waals surface area (Å²) in [5.74, 6) is 0.711. The maximum absolute atomic E-state index is 5.43. The number of aromatic nitrogens is 2. The van der Waals surface area contributed by atoms with Crippen molar-refractivity contribution in [2.24, 2.45) is 0 Å². The highest BCUT2D eigenvalue weighted by molar-refractivity contribution is 6.09. The van der Waals surface area contributed by atoms with Crippen molar-refractivity contribution in [1.82, 2.24) is 9.97 Å². The molecule has 0 N–H and O–H groups in total. The van der Waals surface area contributed by atoms with Crippen molar-refractivity contribution >= 4 is 21.5 Å². The minimum Gasteiger partial charge on any atom is -0.228 e. The third kappa shape index (κ3) is 5.22. The van der Waals surface area contributed by atoms with E-state index in [-0.39, 0.29) is 10.8 Å². The Morgan fingerprint density at radius 1 is 0.361 bits per heavy atom. The molecule has 10 aromatic rings. The highest BCUT2D eigenvalue weighted by atomic mass is 14.9. The van der Waals surface area contributed by atoms with Crippen LogP contribution >= 0.6 is 0 Å². The van der Waals surface area contributed by atoms with Gasteiger partial charge >= 0.3 is 0 Å². The van der Waals surface area contributed by atoms with Crippen LogP contribution in [0.2, 0.25) is 0 Å². The van der Waals surface area contributed by atoms with Crippen LogP contribution in [0.15, 0.2) is 200 Å². The van der Waals surface area contributed by atoms with Crippen LogP contribution in [0.1, 0.15) is 48.6 Å². The van der Waals surface area contributed by atoms with E-state index in [0.717, 1.165) is 33.5 Å². The first kappa shape index (κ1) is 35.5. The van der Waals surface area contributed by atoms with Crippen LogP contribution in [-0.2, 0) is 10.8 Å². The van der Waals surface area contributed by atoms with Gasteiger partial charge in [0.05, 0.1) is 11.4 Å². The lowest BCUT2D eigenvalue weighted by molar-refractivity contribution is 0.661.